The van der Waals surface area contributed by atoms with E-state index in [2.05, 4.69) is 16.8 Å². The molecule has 1 aliphatic rings. The first kappa shape index (κ1) is 12.2. The number of hydrazine groups is 1. The number of nitriles is 1. The van der Waals surface area contributed by atoms with E-state index in [1.807, 2.05) is 6.07 Å². The Morgan fingerprint density at radius 2 is 2.38 bits per heavy atom. The van der Waals surface area contributed by atoms with Crippen molar-refractivity contribution in [1.82, 2.24) is 10.9 Å². The highest BCUT2D eigenvalue weighted by atomic mass is 16.1. The van der Waals surface area contributed by atoms with Crippen molar-refractivity contribution in [2.75, 3.05) is 13.6 Å². The van der Waals surface area contributed by atoms with E-state index >= 15 is 0 Å². The highest BCUT2D eigenvalue weighted by molar-refractivity contribution is 6.08. The third-order valence-corrected chi connectivity index (χ3v) is 2.43. The van der Waals surface area contributed by atoms with E-state index in [0.717, 1.165) is 0 Å². The summed E-state index contributed by atoms with van der Waals surface area (Å²) in [5.74, 6) is 2.34. The van der Waals surface area contributed by atoms with Crippen LogP contribution < -0.4 is 10.9 Å². The van der Waals surface area contributed by atoms with Gasteiger partial charge in [-0.2, -0.15) is 5.26 Å². The van der Waals surface area contributed by atoms with Crippen LogP contribution in [0.25, 0.3) is 0 Å². The number of nitrogens with zero attached hydrogens (tertiary/aromatic N) is 1. The first-order chi connectivity index (χ1) is 7.67. The smallest absolute Gasteiger partial charge is 0.195 e. The van der Waals surface area contributed by atoms with E-state index in [0.29, 0.717) is 13.0 Å². The number of hydrogen-bond donors (Lipinski definition) is 2. The van der Waals surface area contributed by atoms with Crippen LogP contribution in [0.3, 0.4) is 0 Å². The molecule has 2 N–H and O–H groups in total. The molecule has 1 aliphatic carbocycles. The Morgan fingerprint density at radius 3 is 2.94 bits per heavy atom. The first-order valence-electron chi connectivity index (χ1n) is 4.91. The molecule has 0 aromatic carbocycles. The lowest BCUT2D eigenvalue weighted by atomic mass is 9.79. The van der Waals surface area contributed by atoms with Crippen LogP contribution in [0, 0.1) is 29.1 Å². The number of terminal acetylenes is 1. The molecule has 0 amide bonds. The SMILES string of the molecule is C#CC1(CCNNC)C=CC(=O)C(C#N)=C1. The maximum Gasteiger partial charge on any atom is 0.195 e. The molecule has 4 nitrogen and oxygen atoms in total. The van der Waals surface area contributed by atoms with Gasteiger partial charge in [0.05, 0.1) is 11.0 Å². The van der Waals surface area contributed by atoms with Gasteiger partial charge in [0.25, 0.3) is 0 Å². The minimum atomic E-state index is -0.636. The summed E-state index contributed by atoms with van der Waals surface area (Å²) in [6.45, 7) is 0.647. The standard InChI is InChI=1S/C12H13N3O/c1-3-12(6-7-15-14-2)5-4-11(16)10(8-12)9-13/h1,4-5,8,14-15H,6-7H2,2H3. The van der Waals surface area contributed by atoms with Gasteiger partial charge >= 0.3 is 0 Å². The van der Waals surface area contributed by atoms with Gasteiger partial charge in [0.2, 0.25) is 0 Å². The second-order valence-electron chi connectivity index (χ2n) is 3.48. The Balaban J connectivity index is 2.86. The second kappa shape index (κ2) is 5.27. The normalized spacial score (nSPS) is 23.4. The van der Waals surface area contributed by atoms with Gasteiger partial charge in [0, 0.05) is 6.54 Å². The van der Waals surface area contributed by atoms with Crippen LogP contribution in [-0.2, 0) is 4.79 Å². The van der Waals surface area contributed by atoms with Gasteiger partial charge in [-0.1, -0.05) is 12.0 Å². The molecule has 0 radical (unpaired) electrons. The fraction of sp³-hybridized carbons (Fsp3) is 0.333. The molecule has 0 fully saturated rings. The van der Waals surface area contributed by atoms with Gasteiger partial charge in [-0.15, -0.1) is 6.42 Å². The van der Waals surface area contributed by atoms with Crippen molar-refractivity contribution in [2.24, 2.45) is 5.41 Å². The summed E-state index contributed by atoms with van der Waals surface area (Å²) >= 11 is 0. The van der Waals surface area contributed by atoms with Gasteiger partial charge in [-0.3, -0.25) is 15.6 Å². The van der Waals surface area contributed by atoms with Gasteiger partial charge in [0.15, 0.2) is 5.78 Å². The summed E-state index contributed by atoms with van der Waals surface area (Å²) in [7, 11) is 1.76. The third-order valence-electron chi connectivity index (χ3n) is 2.43. The summed E-state index contributed by atoms with van der Waals surface area (Å²) in [5, 5.41) is 8.79. The van der Waals surface area contributed by atoms with Crippen LogP contribution in [0.5, 0.6) is 0 Å². The lowest BCUT2D eigenvalue weighted by Gasteiger charge is -2.23. The number of nitrogens with one attached hydrogen (secondary N) is 2. The van der Waals surface area contributed by atoms with Crippen LogP contribution in [0.4, 0.5) is 0 Å². The van der Waals surface area contributed by atoms with E-state index in [9.17, 15) is 4.79 Å². The monoisotopic (exact) mass is 215 g/mol. The molecule has 0 aromatic rings. The van der Waals surface area contributed by atoms with Crippen LogP contribution in [0.1, 0.15) is 6.42 Å². The minimum absolute atomic E-state index is 0.116. The zero-order chi connectivity index (χ0) is 12.0. The van der Waals surface area contributed by atoms with Gasteiger partial charge in [-0.25, -0.2) is 0 Å². The maximum atomic E-state index is 11.3. The fourth-order valence-corrected chi connectivity index (χ4v) is 1.49. The largest absolute Gasteiger partial charge is 0.289 e. The molecule has 16 heavy (non-hydrogen) atoms. The number of carbonyl (C=O) groups excluding carboxylic acids is 1. The number of ketones is 1. The van der Waals surface area contributed by atoms with Crippen molar-refractivity contribution in [3.63, 3.8) is 0 Å². The second-order valence-corrected chi connectivity index (χ2v) is 3.48. The Morgan fingerprint density at radius 1 is 1.62 bits per heavy atom. The molecule has 0 heterocycles. The van der Waals surface area contributed by atoms with Gasteiger partial charge in [0.1, 0.15) is 6.07 Å². The van der Waals surface area contributed by atoms with E-state index in [1.54, 1.807) is 19.2 Å². The van der Waals surface area contributed by atoms with E-state index < -0.39 is 5.41 Å². The highest BCUT2D eigenvalue weighted by Gasteiger charge is 2.27. The van der Waals surface area contributed by atoms with E-state index in [1.165, 1.54) is 6.08 Å². The lowest BCUT2D eigenvalue weighted by molar-refractivity contribution is -0.111. The molecule has 4 heteroatoms. The van der Waals surface area contributed by atoms with Crippen molar-refractivity contribution in [2.45, 2.75) is 6.42 Å². The average molecular weight is 215 g/mol. The summed E-state index contributed by atoms with van der Waals surface area (Å²) in [6, 6.07) is 1.86. The predicted molar refractivity (Wildman–Crippen MR) is 60.8 cm³/mol. The highest BCUT2D eigenvalue weighted by Crippen LogP contribution is 2.29. The van der Waals surface area contributed by atoms with Crippen LogP contribution in [0.2, 0.25) is 0 Å². The first-order valence-corrected chi connectivity index (χ1v) is 4.91. The van der Waals surface area contributed by atoms with Crippen molar-refractivity contribution >= 4 is 5.78 Å². The summed E-state index contributed by atoms with van der Waals surface area (Å²) in [5.41, 5.74) is 5.19. The molecule has 0 saturated carbocycles. The van der Waals surface area contributed by atoms with E-state index in [4.69, 9.17) is 11.7 Å². The zero-order valence-corrected chi connectivity index (χ0v) is 9.08. The molecule has 1 atom stereocenters. The molecule has 0 aromatic heterocycles. The molecular formula is C12H13N3O. The molecule has 0 bridgehead atoms. The van der Waals surface area contributed by atoms with Crippen molar-refractivity contribution in [1.29, 1.82) is 5.26 Å². The predicted octanol–water partition coefficient (Wildman–Crippen LogP) is 0.309. The Hall–Kier alpha value is -1.88. The minimum Gasteiger partial charge on any atom is -0.289 e. The van der Waals surface area contributed by atoms with Crippen LogP contribution >= 0.6 is 0 Å². The zero-order valence-electron chi connectivity index (χ0n) is 9.08. The number of carbonyl (C=O) groups is 1. The Bertz CT molecular complexity index is 423. The van der Waals surface area contributed by atoms with E-state index in [-0.39, 0.29) is 11.4 Å². The summed E-state index contributed by atoms with van der Waals surface area (Å²) < 4.78 is 0. The molecule has 0 saturated heterocycles. The average Bonchev–Trinajstić information content (AvgIpc) is 2.32. The molecule has 1 rings (SSSR count). The van der Waals surface area contributed by atoms with Gasteiger partial charge < -0.3 is 0 Å². The number of rotatable bonds is 4. The Kier molecular flexibility index (Phi) is 4.02. The van der Waals surface area contributed by atoms with Crippen molar-refractivity contribution < 1.29 is 4.79 Å². The molecule has 1 unspecified atom stereocenters. The quantitative estimate of drug-likeness (QED) is 0.402. The molecule has 0 spiro atoms. The lowest BCUT2D eigenvalue weighted by Crippen LogP contribution is -2.32. The maximum absolute atomic E-state index is 11.3. The summed E-state index contributed by atoms with van der Waals surface area (Å²) in [4.78, 5) is 11.3. The van der Waals surface area contributed by atoms with Crippen molar-refractivity contribution in [3.8, 4) is 18.4 Å². The molecule has 0 aliphatic heterocycles. The molecular weight excluding hydrogens is 202 g/mol. The van der Waals surface area contributed by atoms with Crippen LogP contribution in [0.15, 0.2) is 23.8 Å². The third kappa shape index (κ3) is 2.58. The fourth-order valence-electron chi connectivity index (χ4n) is 1.49. The van der Waals surface area contributed by atoms with Gasteiger partial charge in [-0.05, 0) is 25.6 Å². The number of hydrogen-bond acceptors (Lipinski definition) is 4. The summed E-state index contributed by atoms with van der Waals surface area (Å²) in [6.07, 6.45) is 10.7. The molecule has 82 valence electrons. The number of allylic oxidation sites excluding steroid dienone is 4. The Labute approximate surface area is 95.0 Å². The topological polar surface area (TPSA) is 64.9 Å². The van der Waals surface area contributed by atoms with Crippen molar-refractivity contribution in [3.05, 3.63) is 23.8 Å². The van der Waals surface area contributed by atoms with Crippen LogP contribution in [-0.4, -0.2) is 19.4 Å².